The summed E-state index contributed by atoms with van der Waals surface area (Å²) in [5, 5.41) is 9.37. The third kappa shape index (κ3) is 3.60. The molecule has 6 nitrogen and oxygen atoms in total. The van der Waals surface area contributed by atoms with Gasteiger partial charge in [0.05, 0.1) is 13.2 Å². The van der Waals surface area contributed by atoms with Crippen LogP contribution in [0.1, 0.15) is 35.7 Å². The van der Waals surface area contributed by atoms with Gasteiger partial charge in [-0.1, -0.05) is 6.07 Å². The van der Waals surface area contributed by atoms with E-state index in [1.807, 2.05) is 36.8 Å². The van der Waals surface area contributed by atoms with E-state index in [0.717, 1.165) is 49.7 Å². The molecule has 0 spiro atoms. The van der Waals surface area contributed by atoms with Crippen LogP contribution in [0.2, 0.25) is 0 Å². The van der Waals surface area contributed by atoms with Crippen molar-refractivity contribution in [3.05, 3.63) is 72.2 Å². The highest BCUT2D eigenvalue weighted by atomic mass is 16.3. The van der Waals surface area contributed by atoms with Crippen molar-refractivity contribution >= 4 is 5.82 Å². The van der Waals surface area contributed by atoms with E-state index >= 15 is 0 Å². The number of aliphatic hydroxyl groups excluding tert-OH is 1. The van der Waals surface area contributed by atoms with Gasteiger partial charge in [0.25, 0.3) is 0 Å². The molecule has 0 radical (unpaired) electrons. The first-order valence-corrected chi connectivity index (χ1v) is 9.04. The standard InChI is InChI=1S/C20H23N5O/c26-15-16-5-7-22-19(11-16)24-9-2-4-18(14-24)20-23-8-10-25(20)13-17-3-1-6-21-12-17/h1,3,5-8,10-12,18,26H,2,4,9,13-15H2. The molecule has 6 heteroatoms. The van der Waals surface area contributed by atoms with Crippen LogP contribution in [-0.2, 0) is 13.2 Å². The molecule has 1 aliphatic rings. The number of rotatable bonds is 5. The van der Waals surface area contributed by atoms with Crippen LogP contribution in [0.4, 0.5) is 5.82 Å². The quantitative estimate of drug-likeness (QED) is 0.767. The molecule has 1 N–H and O–H groups in total. The minimum absolute atomic E-state index is 0.0440. The van der Waals surface area contributed by atoms with Gasteiger partial charge in [-0.25, -0.2) is 9.97 Å². The van der Waals surface area contributed by atoms with Crippen LogP contribution in [0.5, 0.6) is 0 Å². The van der Waals surface area contributed by atoms with Gasteiger partial charge < -0.3 is 14.6 Å². The van der Waals surface area contributed by atoms with Gasteiger partial charge >= 0.3 is 0 Å². The van der Waals surface area contributed by atoms with E-state index in [1.165, 1.54) is 5.56 Å². The Bertz CT molecular complexity index is 848. The number of pyridine rings is 2. The lowest BCUT2D eigenvalue weighted by Gasteiger charge is -2.33. The van der Waals surface area contributed by atoms with Gasteiger partial charge in [0, 0.05) is 50.0 Å². The highest BCUT2D eigenvalue weighted by Crippen LogP contribution is 2.29. The van der Waals surface area contributed by atoms with E-state index in [2.05, 4.69) is 30.5 Å². The fraction of sp³-hybridized carbons (Fsp3) is 0.350. The van der Waals surface area contributed by atoms with Gasteiger partial charge in [-0.05, 0) is 42.2 Å². The highest BCUT2D eigenvalue weighted by Gasteiger charge is 2.25. The number of hydrogen-bond donors (Lipinski definition) is 1. The summed E-state index contributed by atoms with van der Waals surface area (Å²) in [5.74, 6) is 2.43. The van der Waals surface area contributed by atoms with Gasteiger partial charge in [0.1, 0.15) is 11.6 Å². The molecule has 1 atom stereocenters. The van der Waals surface area contributed by atoms with Crippen molar-refractivity contribution in [1.29, 1.82) is 0 Å². The first-order valence-electron chi connectivity index (χ1n) is 9.04. The van der Waals surface area contributed by atoms with Crippen molar-refractivity contribution in [3.63, 3.8) is 0 Å². The lowest BCUT2D eigenvalue weighted by molar-refractivity contribution is 0.281. The summed E-state index contributed by atoms with van der Waals surface area (Å²) in [5.41, 5.74) is 2.08. The minimum Gasteiger partial charge on any atom is -0.392 e. The molecule has 4 heterocycles. The second kappa shape index (κ2) is 7.66. The van der Waals surface area contributed by atoms with E-state index in [0.29, 0.717) is 5.92 Å². The molecule has 0 saturated carbocycles. The zero-order valence-corrected chi connectivity index (χ0v) is 14.7. The number of nitrogens with zero attached hydrogens (tertiary/aromatic N) is 5. The molecular formula is C20H23N5O. The smallest absolute Gasteiger partial charge is 0.128 e. The van der Waals surface area contributed by atoms with E-state index in [4.69, 9.17) is 0 Å². The second-order valence-corrected chi connectivity index (χ2v) is 6.74. The minimum atomic E-state index is 0.0440. The maximum atomic E-state index is 9.37. The lowest BCUT2D eigenvalue weighted by atomic mass is 9.97. The van der Waals surface area contributed by atoms with Crippen molar-refractivity contribution in [1.82, 2.24) is 19.5 Å². The number of aromatic nitrogens is 4. The molecule has 3 aromatic rings. The maximum Gasteiger partial charge on any atom is 0.128 e. The van der Waals surface area contributed by atoms with Crippen molar-refractivity contribution < 1.29 is 5.11 Å². The van der Waals surface area contributed by atoms with Gasteiger partial charge in [0.2, 0.25) is 0 Å². The Morgan fingerprint density at radius 1 is 1.12 bits per heavy atom. The maximum absolute atomic E-state index is 9.37. The molecule has 1 unspecified atom stereocenters. The third-order valence-corrected chi connectivity index (χ3v) is 4.93. The molecule has 26 heavy (non-hydrogen) atoms. The summed E-state index contributed by atoms with van der Waals surface area (Å²) in [6.45, 7) is 2.72. The molecule has 1 aliphatic heterocycles. The Balaban J connectivity index is 1.52. The van der Waals surface area contributed by atoms with Crippen molar-refractivity contribution in [2.45, 2.75) is 31.9 Å². The largest absolute Gasteiger partial charge is 0.392 e. The number of imidazole rings is 1. The van der Waals surface area contributed by atoms with Gasteiger partial charge in [-0.3, -0.25) is 4.98 Å². The van der Waals surface area contributed by atoms with Gasteiger partial charge in [-0.2, -0.15) is 0 Å². The Kier molecular flexibility index (Phi) is 4.93. The van der Waals surface area contributed by atoms with E-state index in [-0.39, 0.29) is 6.61 Å². The Morgan fingerprint density at radius 2 is 2.08 bits per heavy atom. The van der Waals surface area contributed by atoms with E-state index in [9.17, 15) is 5.11 Å². The zero-order chi connectivity index (χ0) is 17.8. The fourth-order valence-electron chi connectivity index (χ4n) is 3.63. The monoisotopic (exact) mass is 349 g/mol. The van der Waals surface area contributed by atoms with Crippen LogP contribution in [0.25, 0.3) is 0 Å². The molecule has 3 aromatic heterocycles. The summed E-state index contributed by atoms with van der Waals surface area (Å²) < 4.78 is 2.22. The van der Waals surface area contributed by atoms with E-state index < -0.39 is 0 Å². The highest BCUT2D eigenvalue weighted by molar-refractivity contribution is 5.42. The fourth-order valence-corrected chi connectivity index (χ4v) is 3.63. The number of hydrogen-bond acceptors (Lipinski definition) is 5. The normalized spacial score (nSPS) is 17.4. The Labute approximate surface area is 153 Å². The Hall–Kier alpha value is -2.73. The average Bonchev–Trinajstić information content (AvgIpc) is 3.17. The molecule has 0 aliphatic carbocycles. The van der Waals surface area contributed by atoms with Crippen molar-refractivity contribution in [2.24, 2.45) is 0 Å². The van der Waals surface area contributed by atoms with Gasteiger partial charge in [-0.15, -0.1) is 0 Å². The molecule has 1 fully saturated rings. The van der Waals surface area contributed by atoms with Crippen LogP contribution in [0.15, 0.2) is 55.2 Å². The van der Waals surface area contributed by atoms with Crippen LogP contribution in [0, 0.1) is 0 Å². The van der Waals surface area contributed by atoms with Crippen LogP contribution < -0.4 is 4.90 Å². The molecule has 134 valence electrons. The summed E-state index contributed by atoms with van der Waals surface area (Å²) in [7, 11) is 0. The number of anilines is 1. The van der Waals surface area contributed by atoms with Crippen molar-refractivity contribution in [3.8, 4) is 0 Å². The SMILES string of the molecule is OCc1ccnc(N2CCCC(c3nccn3Cc3cccnc3)C2)c1. The summed E-state index contributed by atoms with van der Waals surface area (Å²) in [6, 6.07) is 7.89. The third-order valence-electron chi connectivity index (χ3n) is 4.93. The first kappa shape index (κ1) is 16.7. The lowest BCUT2D eigenvalue weighted by Crippen LogP contribution is -2.36. The zero-order valence-electron chi connectivity index (χ0n) is 14.7. The predicted molar refractivity (Wildman–Crippen MR) is 99.9 cm³/mol. The predicted octanol–water partition coefficient (Wildman–Crippen LogP) is 2.60. The molecule has 0 aromatic carbocycles. The Morgan fingerprint density at radius 3 is 2.92 bits per heavy atom. The molecule has 1 saturated heterocycles. The van der Waals surface area contributed by atoms with Crippen molar-refractivity contribution in [2.75, 3.05) is 18.0 Å². The molecular weight excluding hydrogens is 326 g/mol. The average molecular weight is 349 g/mol. The van der Waals surface area contributed by atoms with Crippen LogP contribution in [0.3, 0.4) is 0 Å². The molecule has 4 rings (SSSR count). The summed E-state index contributed by atoms with van der Waals surface area (Å²) in [6.07, 6.45) is 11.6. The summed E-state index contributed by atoms with van der Waals surface area (Å²) >= 11 is 0. The first-order chi connectivity index (χ1) is 12.8. The number of aliphatic hydroxyl groups is 1. The second-order valence-electron chi connectivity index (χ2n) is 6.74. The topological polar surface area (TPSA) is 67.1 Å². The summed E-state index contributed by atoms with van der Waals surface area (Å²) in [4.78, 5) is 15.7. The molecule has 0 amide bonds. The van der Waals surface area contributed by atoms with Crippen LogP contribution in [-0.4, -0.2) is 37.7 Å². The number of piperidine rings is 1. The van der Waals surface area contributed by atoms with Gasteiger partial charge in [0.15, 0.2) is 0 Å². The van der Waals surface area contributed by atoms with Crippen LogP contribution >= 0.6 is 0 Å². The van der Waals surface area contributed by atoms with E-state index in [1.54, 1.807) is 12.4 Å². The molecule has 0 bridgehead atoms.